The number of carbonyl (C=O) groups is 1. The molecule has 90 valence electrons. The highest BCUT2D eigenvalue weighted by Crippen LogP contribution is 2.27. The van der Waals surface area contributed by atoms with E-state index in [9.17, 15) is 4.79 Å². The Morgan fingerprint density at radius 1 is 1.35 bits per heavy atom. The SMILES string of the molecule is CO[C@@H]1C(=O)N(C)[C@@H]1/C(C)=C/c1ccccc1. The van der Waals surface area contributed by atoms with Gasteiger partial charge in [0.15, 0.2) is 6.10 Å². The molecular weight excluding hydrogens is 214 g/mol. The molecule has 0 aliphatic carbocycles. The van der Waals surface area contributed by atoms with E-state index in [0.29, 0.717) is 0 Å². The number of hydrogen-bond acceptors (Lipinski definition) is 2. The molecule has 1 aromatic rings. The summed E-state index contributed by atoms with van der Waals surface area (Å²) in [6, 6.07) is 10.2. The Morgan fingerprint density at radius 3 is 2.59 bits per heavy atom. The smallest absolute Gasteiger partial charge is 0.254 e. The van der Waals surface area contributed by atoms with Crippen molar-refractivity contribution in [2.45, 2.75) is 19.1 Å². The number of carbonyl (C=O) groups excluding carboxylic acids is 1. The highest BCUT2D eigenvalue weighted by Gasteiger charge is 2.45. The summed E-state index contributed by atoms with van der Waals surface area (Å²) >= 11 is 0. The summed E-state index contributed by atoms with van der Waals surface area (Å²) in [6.07, 6.45) is 1.78. The van der Waals surface area contributed by atoms with Crippen LogP contribution in [0.15, 0.2) is 35.9 Å². The molecule has 2 atom stereocenters. The van der Waals surface area contributed by atoms with E-state index in [1.165, 1.54) is 0 Å². The Kier molecular flexibility index (Phi) is 3.29. The second kappa shape index (κ2) is 4.72. The van der Waals surface area contributed by atoms with Crippen molar-refractivity contribution in [3.05, 3.63) is 41.5 Å². The molecule has 0 saturated carbocycles. The number of rotatable bonds is 3. The lowest BCUT2D eigenvalue weighted by Crippen LogP contribution is -2.63. The van der Waals surface area contributed by atoms with Crippen molar-refractivity contribution in [1.82, 2.24) is 4.90 Å². The summed E-state index contributed by atoms with van der Waals surface area (Å²) in [4.78, 5) is 13.3. The molecule has 1 heterocycles. The number of hydrogen-bond donors (Lipinski definition) is 0. The Bertz CT molecular complexity index is 439. The largest absolute Gasteiger partial charge is 0.369 e. The van der Waals surface area contributed by atoms with Gasteiger partial charge in [-0.1, -0.05) is 36.4 Å². The first-order chi connectivity index (χ1) is 8.15. The first kappa shape index (κ1) is 11.9. The van der Waals surface area contributed by atoms with Gasteiger partial charge in [0.25, 0.3) is 5.91 Å². The molecule has 17 heavy (non-hydrogen) atoms. The molecule has 1 aromatic carbocycles. The van der Waals surface area contributed by atoms with Crippen molar-refractivity contribution in [1.29, 1.82) is 0 Å². The summed E-state index contributed by atoms with van der Waals surface area (Å²) in [5, 5.41) is 0. The zero-order valence-electron chi connectivity index (χ0n) is 10.4. The van der Waals surface area contributed by atoms with Crippen molar-refractivity contribution in [3.63, 3.8) is 0 Å². The number of likely N-dealkylation sites (tertiary alicyclic amines) is 1. The van der Waals surface area contributed by atoms with Gasteiger partial charge < -0.3 is 9.64 Å². The maximum absolute atomic E-state index is 11.5. The van der Waals surface area contributed by atoms with Gasteiger partial charge in [0.05, 0.1) is 6.04 Å². The number of benzene rings is 1. The molecule has 2 rings (SSSR count). The quantitative estimate of drug-likeness (QED) is 0.744. The summed E-state index contributed by atoms with van der Waals surface area (Å²) < 4.78 is 5.21. The van der Waals surface area contributed by atoms with Crippen LogP contribution in [-0.2, 0) is 9.53 Å². The highest BCUT2D eigenvalue weighted by molar-refractivity contribution is 5.90. The first-order valence-electron chi connectivity index (χ1n) is 5.68. The number of amides is 1. The fraction of sp³-hybridized carbons (Fsp3) is 0.357. The predicted octanol–water partition coefficient (Wildman–Crippen LogP) is 1.95. The number of likely N-dealkylation sites (N-methyl/N-ethyl adjacent to an activating group) is 1. The van der Waals surface area contributed by atoms with Crippen molar-refractivity contribution < 1.29 is 9.53 Å². The maximum Gasteiger partial charge on any atom is 0.254 e. The summed E-state index contributed by atoms with van der Waals surface area (Å²) in [6.45, 7) is 2.03. The predicted molar refractivity (Wildman–Crippen MR) is 67.4 cm³/mol. The van der Waals surface area contributed by atoms with E-state index in [1.807, 2.05) is 44.3 Å². The van der Waals surface area contributed by atoms with Gasteiger partial charge in [-0.2, -0.15) is 0 Å². The fourth-order valence-electron chi connectivity index (χ4n) is 2.27. The third kappa shape index (κ3) is 2.11. The third-order valence-electron chi connectivity index (χ3n) is 3.21. The molecular formula is C14H17NO2. The lowest BCUT2D eigenvalue weighted by atomic mass is 9.91. The van der Waals surface area contributed by atoms with Crippen LogP contribution in [0, 0.1) is 0 Å². The van der Waals surface area contributed by atoms with Gasteiger partial charge in [0.1, 0.15) is 0 Å². The lowest BCUT2D eigenvalue weighted by molar-refractivity contribution is -0.163. The molecule has 0 radical (unpaired) electrons. The summed E-state index contributed by atoms with van der Waals surface area (Å²) in [7, 11) is 3.39. The van der Waals surface area contributed by atoms with E-state index in [-0.39, 0.29) is 18.1 Å². The average molecular weight is 231 g/mol. The van der Waals surface area contributed by atoms with Crippen LogP contribution in [0.25, 0.3) is 6.08 Å². The number of nitrogens with zero attached hydrogens (tertiary/aromatic N) is 1. The average Bonchev–Trinajstić information content (AvgIpc) is 2.35. The molecule has 0 N–H and O–H groups in total. The van der Waals surface area contributed by atoms with Crippen LogP contribution >= 0.6 is 0 Å². The lowest BCUT2D eigenvalue weighted by Gasteiger charge is -2.44. The van der Waals surface area contributed by atoms with Crippen LogP contribution in [0.1, 0.15) is 12.5 Å². The van der Waals surface area contributed by atoms with Gasteiger partial charge in [0.2, 0.25) is 0 Å². The van der Waals surface area contributed by atoms with Crippen LogP contribution in [-0.4, -0.2) is 37.1 Å². The second-order valence-corrected chi connectivity index (χ2v) is 4.35. The van der Waals surface area contributed by atoms with E-state index >= 15 is 0 Å². The Labute approximate surface area is 102 Å². The standard InChI is InChI=1S/C14H17NO2/c1-10(9-11-7-5-4-6-8-11)12-13(17-3)14(16)15(12)2/h4-9,12-13H,1-3H3/b10-9+/t12-,13+/m1/s1. The van der Waals surface area contributed by atoms with Crippen molar-refractivity contribution in [2.24, 2.45) is 0 Å². The first-order valence-corrected chi connectivity index (χ1v) is 5.68. The van der Waals surface area contributed by atoms with E-state index in [0.717, 1.165) is 11.1 Å². The number of methoxy groups -OCH3 is 1. The Morgan fingerprint density at radius 2 is 2.00 bits per heavy atom. The maximum atomic E-state index is 11.5. The zero-order chi connectivity index (χ0) is 12.4. The minimum atomic E-state index is -0.319. The molecule has 1 aliphatic rings. The van der Waals surface area contributed by atoms with Gasteiger partial charge in [-0.25, -0.2) is 0 Å². The minimum absolute atomic E-state index is 0.0540. The van der Waals surface area contributed by atoms with Crippen molar-refractivity contribution in [3.8, 4) is 0 Å². The topological polar surface area (TPSA) is 29.5 Å². The van der Waals surface area contributed by atoms with Gasteiger partial charge in [-0.05, 0) is 18.1 Å². The molecule has 0 bridgehead atoms. The summed E-state index contributed by atoms with van der Waals surface area (Å²) in [5.74, 6) is 0.0540. The van der Waals surface area contributed by atoms with Crippen molar-refractivity contribution >= 4 is 12.0 Å². The third-order valence-corrected chi connectivity index (χ3v) is 3.21. The Hall–Kier alpha value is -1.61. The van der Waals surface area contributed by atoms with Crippen LogP contribution in [0.2, 0.25) is 0 Å². The fourth-order valence-corrected chi connectivity index (χ4v) is 2.27. The monoisotopic (exact) mass is 231 g/mol. The normalized spacial score (nSPS) is 24.8. The zero-order valence-corrected chi connectivity index (χ0v) is 10.4. The molecule has 3 nitrogen and oxygen atoms in total. The van der Waals surface area contributed by atoms with Gasteiger partial charge in [-0.3, -0.25) is 4.79 Å². The van der Waals surface area contributed by atoms with E-state index < -0.39 is 0 Å². The minimum Gasteiger partial charge on any atom is -0.369 e. The Balaban J connectivity index is 2.18. The molecule has 1 amide bonds. The van der Waals surface area contributed by atoms with Crippen molar-refractivity contribution in [2.75, 3.05) is 14.2 Å². The molecule has 3 heteroatoms. The molecule has 1 saturated heterocycles. The van der Waals surface area contributed by atoms with Gasteiger partial charge in [-0.15, -0.1) is 0 Å². The van der Waals surface area contributed by atoms with Crippen LogP contribution in [0.3, 0.4) is 0 Å². The molecule has 0 spiro atoms. The van der Waals surface area contributed by atoms with Crippen LogP contribution in [0.4, 0.5) is 0 Å². The van der Waals surface area contributed by atoms with Crippen LogP contribution in [0.5, 0.6) is 0 Å². The molecule has 0 unspecified atom stereocenters. The number of ether oxygens (including phenoxy) is 1. The van der Waals surface area contributed by atoms with Crippen LogP contribution < -0.4 is 0 Å². The van der Waals surface area contributed by atoms with E-state index in [4.69, 9.17) is 4.74 Å². The van der Waals surface area contributed by atoms with E-state index in [1.54, 1.807) is 12.0 Å². The van der Waals surface area contributed by atoms with E-state index in [2.05, 4.69) is 6.08 Å². The number of β-lactam (4-membered cyclic amide) rings is 1. The highest BCUT2D eigenvalue weighted by atomic mass is 16.5. The van der Waals surface area contributed by atoms with Gasteiger partial charge in [0, 0.05) is 14.2 Å². The molecule has 1 aliphatic heterocycles. The summed E-state index contributed by atoms with van der Waals surface area (Å²) in [5.41, 5.74) is 2.29. The molecule has 0 aromatic heterocycles. The molecule has 1 fully saturated rings. The second-order valence-electron chi connectivity index (χ2n) is 4.35. The van der Waals surface area contributed by atoms with Gasteiger partial charge >= 0.3 is 0 Å².